The Hall–Kier alpha value is -1.49. The van der Waals surface area contributed by atoms with E-state index in [2.05, 4.69) is 27.7 Å². The molecule has 4 nitrogen and oxygen atoms in total. The van der Waals surface area contributed by atoms with Crippen molar-refractivity contribution < 1.29 is 0 Å². The van der Waals surface area contributed by atoms with Crippen molar-refractivity contribution in [1.82, 2.24) is 14.5 Å². The van der Waals surface area contributed by atoms with Crippen molar-refractivity contribution in [2.75, 3.05) is 17.7 Å². The van der Waals surface area contributed by atoms with Gasteiger partial charge in [-0.05, 0) is 37.5 Å². The van der Waals surface area contributed by atoms with Crippen molar-refractivity contribution in [3.8, 4) is 11.3 Å². The molecule has 2 aromatic rings. The van der Waals surface area contributed by atoms with E-state index in [1.165, 1.54) is 0 Å². The van der Waals surface area contributed by atoms with Crippen LogP contribution in [0.25, 0.3) is 11.3 Å². The predicted octanol–water partition coefficient (Wildman–Crippen LogP) is 2.84. The lowest BCUT2D eigenvalue weighted by Crippen LogP contribution is -2.07. The summed E-state index contributed by atoms with van der Waals surface area (Å²) in [5, 5.41) is 0. The van der Waals surface area contributed by atoms with Crippen molar-refractivity contribution in [3.63, 3.8) is 0 Å². The SMILES string of the molecule is CSCCC(C)n1cncc1-c1cccnc1N. The van der Waals surface area contributed by atoms with Crippen LogP contribution in [0.4, 0.5) is 5.82 Å². The van der Waals surface area contributed by atoms with Crippen molar-refractivity contribution >= 4 is 17.6 Å². The summed E-state index contributed by atoms with van der Waals surface area (Å²) >= 11 is 1.86. The average Bonchev–Trinajstić information content (AvgIpc) is 2.85. The number of anilines is 1. The minimum atomic E-state index is 0.412. The number of hydrogen-bond donors (Lipinski definition) is 1. The normalized spacial score (nSPS) is 12.6. The molecule has 0 aliphatic rings. The molecule has 2 heterocycles. The number of nitrogens with zero attached hydrogens (tertiary/aromatic N) is 3. The number of rotatable bonds is 5. The fraction of sp³-hybridized carbons (Fsp3) is 0.385. The van der Waals surface area contributed by atoms with E-state index in [1.54, 1.807) is 6.20 Å². The van der Waals surface area contributed by atoms with Gasteiger partial charge in [0.1, 0.15) is 5.82 Å². The van der Waals surface area contributed by atoms with Crippen molar-refractivity contribution in [1.29, 1.82) is 0 Å². The summed E-state index contributed by atoms with van der Waals surface area (Å²) in [4.78, 5) is 8.37. The Balaban J connectivity index is 2.30. The Labute approximate surface area is 112 Å². The minimum Gasteiger partial charge on any atom is -0.383 e. The molecular weight excluding hydrogens is 244 g/mol. The van der Waals surface area contributed by atoms with Crippen molar-refractivity contribution in [2.45, 2.75) is 19.4 Å². The van der Waals surface area contributed by atoms with E-state index in [0.29, 0.717) is 11.9 Å². The molecule has 2 aromatic heterocycles. The lowest BCUT2D eigenvalue weighted by Gasteiger charge is -2.16. The van der Waals surface area contributed by atoms with Gasteiger partial charge in [-0.25, -0.2) is 9.97 Å². The van der Waals surface area contributed by atoms with Gasteiger partial charge in [0.15, 0.2) is 0 Å². The molecule has 0 spiro atoms. The molecule has 0 aliphatic carbocycles. The molecule has 1 unspecified atom stereocenters. The zero-order valence-corrected chi connectivity index (χ0v) is 11.5. The second-order valence-corrected chi connectivity index (χ2v) is 5.24. The summed E-state index contributed by atoms with van der Waals surface area (Å²) in [6, 6.07) is 4.29. The first kappa shape index (κ1) is 13.0. The molecule has 0 aliphatic heterocycles. The van der Waals surface area contributed by atoms with Crippen LogP contribution in [-0.4, -0.2) is 26.5 Å². The fourth-order valence-electron chi connectivity index (χ4n) is 1.93. The van der Waals surface area contributed by atoms with Crippen LogP contribution in [0.5, 0.6) is 0 Å². The van der Waals surface area contributed by atoms with E-state index in [9.17, 15) is 0 Å². The maximum atomic E-state index is 5.92. The van der Waals surface area contributed by atoms with E-state index in [0.717, 1.165) is 23.4 Å². The minimum absolute atomic E-state index is 0.412. The van der Waals surface area contributed by atoms with Gasteiger partial charge in [0.2, 0.25) is 0 Å². The third-order valence-electron chi connectivity index (χ3n) is 3.00. The van der Waals surface area contributed by atoms with E-state index in [4.69, 9.17) is 5.73 Å². The number of thioether (sulfide) groups is 1. The van der Waals surface area contributed by atoms with Crippen LogP contribution in [0.1, 0.15) is 19.4 Å². The maximum Gasteiger partial charge on any atom is 0.132 e. The molecule has 0 radical (unpaired) electrons. The number of aromatic nitrogens is 3. The molecule has 96 valence electrons. The van der Waals surface area contributed by atoms with Gasteiger partial charge < -0.3 is 10.3 Å². The molecule has 0 aromatic carbocycles. The van der Waals surface area contributed by atoms with Crippen LogP contribution in [0.3, 0.4) is 0 Å². The van der Waals surface area contributed by atoms with Gasteiger partial charge in [-0.1, -0.05) is 0 Å². The Morgan fingerprint density at radius 1 is 1.50 bits per heavy atom. The summed E-state index contributed by atoms with van der Waals surface area (Å²) in [5.74, 6) is 1.69. The highest BCUT2D eigenvalue weighted by atomic mass is 32.2. The summed E-state index contributed by atoms with van der Waals surface area (Å²) in [7, 11) is 0. The number of nitrogens with two attached hydrogens (primary N) is 1. The first-order chi connectivity index (χ1) is 8.74. The van der Waals surface area contributed by atoms with E-state index in [1.807, 2.05) is 36.4 Å². The van der Waals surface area contributed by atoms with Crippen LogP contribution >= 0.6 is 11.8 Å². The van der Waals surface area contributed by atoms with Gasteiger partial charge in [0, 0.05) is 17.8 Å². The van der Waals surface area contributed by atoms with Gasteiger partial charge in [-0.15, -0.1) is 0 Å². The van der Waals surface area contributed by atoms with Crippen LogP contribution in [0, 0.1) is 0 Å². The highest BCUT2D eigenvalue weighted by Crippen LogP contribution is 2.27. The van der Waals surface area contributed by atoms with Gasteiger partial charge in [-0.3, -0.25) is 0 Å². The highest BCUT2D eigenvalue weighted by molar-refractivity contribution is 7.98. The summed E-state index contributed by atoms with van der Waals surface area (Å²) in [6.07, 6.45) is 8.66. The average molecular weight is 262 g/mol. The standard InChI is InChI=1S/C13H18N4S/c1-10(5-7-18-2)17-9-15-8-12(17)11-4-3-6-16-13(11)14/h3-4,6,8-10H,5,7H2,1-2H3,(H2,14,16). The molecule has 0 amide bonds. The Kier molecular flexibility index (Phi) is 4.25. The zero-order chi connectivity index (χ0) is 13.0. The van der Waals surface area contributed by atoms with Crippen LogP contribution in [-0.2, 0) is 0 Å². The smallest absolute Gasteiger partial charge is 0.132 e. The van der Waals surface area contributed by atoms with Crippen LogP contribution < -0.4 is 5.73 Å². The molecule has 18 heavy (non-hydrogen) atoms. The first-order valence-corrected chi connectivity index (χ1v) is 7.35. The van der Waals surface area contributed by atoms with Crippen LogP contribution in [0.15, 0.2) is 30.9 Å². The Morgan fingerprint density at radius 3 is 3.06 bits per heavy atom. The number of imidazole rings is 1. The van der Waals surface area contributed by atoms with Gasteiger partial charge >= 0.3 is 0 Å². The van der Waals surface area contributed by atoms with E-state index in [-0.39, 0.29) is 0 Å². The molecule has 5 heteroatoms. The van der Waals surface area contributed by atoms with Gasteiger partial charge in [0.05, 0.1) is 18.2 Å². The lowest BCUT2D eigenvalue weighted by atomic mass is 10.1. The summed E-state index contributed by atoms with van der Waals surface area (Å²) in [6.45, 7) is 2.20. The van der Waals surface area contributed by atoms with Crippen molar-refractivity contribution in [2.24, 2.45) is 0 Å². The maximum absolute atomic E-state index is 5.92. The van der Waals surface area contributed by atoms with Gasteiger partial charge in [0.25, 0.3) is 0 Å². The molecule has 2 rings (SSSR count). The first-order valence-electron chi connectivity index (χ1n) is 5.95. The lowest BCUT2D eigenvalue weighted by molar-refractivity contribution is 0.539. The quantitative estimate of drug-likeness (QED) is 0.900. The molecule has 2 N–H and O–H groups in total. The third kappa shape index (κ3) is 2.67. The Morgan fingerprint density at radius 2 is 2.33 bits per heavy atom. The largest absolute Gasteiger partial charge is 0.383 e. The number of pyridine rings is 1. The molecule has 0 saturated heterocycles. The van der Waals surface area contributed by atoms with E-state index >= 15 is 0 Å². The topological polar surface area (TPSA) is 56.7 Å². The van der Waals surface area contributed by atoms with E-state index < -0.39 is 0 Å². The molecule has 0 saturated carbocycles. The predicted molar refractivity (Wildman–Crippen MR) is 77.6 cm³/mol. The number of hydrogen-bond acceptors (Lipinski definition) is 4. The Bertz CT molecular complexity index is 509. The molecule has 0 fully saturated rings. The monoisotopic (exact) mass is 262 g/mol. The summed E-state index contributed by atoms with van der Waals surface area (Å²) in [5.41, 5.74) is 7.91. The molecule has 1 atom stereocenters. The fourth-order valence-corrected chi connectivity index (χ4v) is 2.50. The third-order valence-corrected chi connectivity index (χ3v) is 3.64. The summed E-state index contributed by atoms with van der Waals surface area (Å²) < 4.78 is 2.17. The second-order valence-electron chi connectivity index (χ2n) is 4.25. The molecule has 0 bridgehead atoms. The zero-order valence-electron chi connectivity index (χ0n) is 10.7. The van der Waals surface area contributed by atoms with Crippen molar-refractivity contribution in [3.05, 3.63) is 30.9 Å². The second kappa shape index (κ2) is 5.91. The van der Waals surface area contributed by atoms with Crippen LogP contribution in [0.2, 0.25) is 0 Å². The highest BCUT2D eigenvalue weighted by Gasteiger charge is 2.13. The molecular formula is C13H18N4S. The number of nitrogen functional groups attached to an aromatic ring is 1. The van der Waals surface area contributed by atoms with Gasteiger partial charge in [-0.2, -0.15) is 11.8 Å².